The van der Waals surface area contributed by atoms with Crippen molar-refractivity contribution in [2.24, 2.45) is 5.92 Å². The van der Waals surface area contributed by atoms with Gasteiger partial charge in [-0.2, -0.15) is 5.10 Å². The number of anilines is 1. The van der Waals surface area contributed by atoms with Crippen molar-refractivity contribution in [2.45, 2.75) is 0 Å². The Labute approximate surface area is 121 Å². The molecule has 3 heterocycles. The summed E-state index contributed by atoms with van der Waals surface area (Å²) in [6.45, 7) is 1.90. The van der Waals surface area contributed by atoms with Crippen LogP contribution < -0.4 is 4.90 Å². The maximum atomic E-state index is 9.14. The van der Waals surface area contributed by atoms with E-state index in [1.165, 1.54) is 0 Å². The van der Waals surface area contributed by atoms with Gasteiger partial charge in [0.15, 0.2) is 5.65 Å². The maximum absolute atomic E-state index is 9.14. The summed E-state index contributed by atoms with van der Waals surface area (Å²) in [4.78, 5) is 10.9. The molecule has 0 radical (unpaired) electrons. The van der Waals surface area contributed by atoms with Crippen LogP contribution in [0.2, 0.25) is 0 Å². The molecule has 1 N–H and O–H groups in total. The molecule has 6 heteroatoms. The molecule has 0 amide bonds. The second-order valence-electron chi connectivity index (χ2n) is 5.28. The molecular weight excluding hydrogens is 266 g/mol. The average molecular weight is 281 g/mol. The molecule has 2 aromatic heterocycles. The van der Waals surface area contributed by atoms with Crippen LogP contribution in [0.25, 0.3) is 16.7 Å². The molecule has 21 heavy (non-hydrogen) atoms. The van der Waals surface area contributed by atoms with E-state index >= 15 is 0 Å². The van der Waals surface area contributed by atoms with Crippen molar-refractivity contribution < 1.29 is 5.11 Å². The van der Waals surface area contributed by atoms with Crippen LogP contribution in [0.5, 0.6) is 0 Å². The fourth-order valence-corrected chi connectivity index (χ4v) is 2.70. The van der Waals surface area contributed by atoms with Gasteiger partial charge < -0.3 is 10.0 Å². The average Bonchev–Trinajstić information content (AvgIpc) is 2.92. The fraction of sp³-hybridized carbons (Fsp3) is 0.267. The predicted octanol–water partition coefficient (Wildman–Crippen LogP) is 1.24. The molecule has 0 spiro atoms. The Morgan fingerprint density at radius 3 is 2.71 bits per heavy atom. The van der Waals surface area contributed by atoms with Crippen molar-refractivity contribution in [2.75, 3.05) is 24.6 Å². The first kappa shape index (κ1) is 12.3. The minimum absolute atomic E-state index is 0.230. The molecule has 1 aromatic carbocycles. The SMILES string of the molecule is OCC1CN(c2ncnc3c2cnn3-c2ccccc2)C1. The Morgan fingerprint density at radius 2 is 1.95 bits per heavy atom. The van der Waals surface area contributed by atoms with Gasteiger partial charge in [0.1, 0.15) is 12.1 Å². The zero-order valence-corrected chi connectivity index (χ0v) is 11.4. The monoisotopic (exact) mass is 281 g/mol. The smallest absolute Gasteiger partial charge is 0.168 e. The number of aliphatic hydroxyl groups is 1. The summed E-state index contributed by atoms with van der Waals surface area (Å²) in [5, 5.41) is 14.5. The quantitative estimate of drug-likeness (QED) is 0.782. The van der Waals surface area contributed by atoms with Gasteiger partial charge in [0, 0.05) is 25.6 Å². The number of aliphatic hydroxyl groups excluding tert-OH is 1. The van der Waals surface area contributed by atoms with Gasteiger partial charge in [0.25, 0.3) is 0 Å². The van der Waals surface area contributed by atoms with E-state index in [0.29, 0.717) is 5.92 Å². The second kappa shape index (κ2) is 4.82. The molecule has 6 nitrogen and oxygen atoms in total. The molecule has 4 rings (SSSR count). The summed E-state index contributed by atoms with van der Waals surface area (Å²) < 4.78 is 1.82. The summed E-state index contributed by atoms with van der Waals surface area (Å²) in [5.74, 6) is 1.24. The Balaban J connectivity index is 1.77. The van der Waals surface area contributed by atoms with E-state index in [1.807, 2.05) is 41.2 Å². The highest BCUT2D eigenvalue weighted by molar-refractivity contribution is 5.88. The molecule has 0 bridgehead atoms. The number of benzene rings is 1. The molecule has 1 fully saturated rings. The van der Waals surface area contributed by atoms with Gasteiger partial charge in [0.05, 0.1) is 17.3 Å². The third-order valence-electron chi connectivity index (χ3n) is 3.86. The fourth-order valence-electron chi connectivity index (χ4n) is 2.70. The van der Waals surface area contributed by atoms with Crippen molar-refractivity contribution in [1.29, 1.82) is 0 Å². The lowest BCUT2D eigenvalue weighted by Gasteiger charge is -2.39. The first-order chi connectivity index (χ1) is 10.4. The Kier molecular flexibility index (Phi) is 2.82. The number of hydrogen-bond donors (Lipinski definition) is 1. The summed E-state index contributed by atoms with van der Waals surface area (Å²) >= 11 is 0. The summed E-state index contributed by atoms with van der Waals surface area (Å²) in [6.07, 6.45) is 3.38. The first-order valence-electron chi connectivity index (χ1n) is 6.97. The van der Waals surface area contributed by atoms with Gasteiger partial charge >= 0.3 is 0 Å². The first-order valence-corrected chi connectivity index (χ1v) is 6.97. The molecule has 1 saturated heterocycles. The lowest BCUT2D eigenvalue weighted by atomic mass is 10.0. The molecule has 3 aromatic rings. The molecule has 0 atom stereocenters. The lowest BCUT2D eigenvalue weighted by molar-refractivity contribution is 0.200. The van der Waals surface area contributed by atoms with Gasteiger partial charge in [-0.1, -0.05) is 18.2 Å². The Bertz CT molecular complexity index is 764. The number of para-hydroxylation sites is 1. The van der Waals surface area contributed by atoms with Crippen LogP contribution in [-0.4, -0.2) is 44.6 Å². The van der Waals surface area contributed by atoms with Gasteiger partial charge in [-0.25, -0.2) is 14.6 Å². The van der Waals surface area contributed by atoms with Crippen LogP contribution in [0, 0.1) is 5.92 Å². The minimum Gasteiger partial charge on any atom is -0.396 e. The molecule has 0 unspecified atom stereocenters. The van der Waals surface area contributed by atoms with E-state index in [4.69, 9.17) is 5.11 Å². The van der Waals surface area contributed by atoms with Crippen LogP contribution in [0.15, 0.2) is 42.9 Å². The van der Waals surface area contributed by atoms with E-state index in [0.717, 1.165) is 35.6 Å². The van der Waals surface area contributed by atoms with Crippen LogP contribution in [0.3, 0.4) is 0 Å². The molecule has 0 aliphatic carbocycles. The van der Waals surface area contributed by atoms with Gasteiger partial charge in [-0.05, 0) is 12.1 Å². The largest absolute Gasteiger partial charge is 0.396 e. The number of hydrogen-bond acceptors (Lipinski definition) is 5. The van der Waals surface area contributed by atoms with Gasteiger partial charge in [-0.3, -0.25) is 0 Å². The third kappa shape index (κ3) is 1.95. The number of aromatic nitrogens is 4. The maximum Gasteiger partial charge on any atom is 0.168 e. The van der Waals surface area contributed by atoms with E-state index in [9.17, 15) is 0 Å². The number of fused-ring (bicyclic) bond motifs is 1. The van der Waals surface area contributed by atoms with E-state index in [2.05, 4.69) is 20.0 Å². The summed E-state index contributed by atoms with van der Waals surface area (Å²) in [5.41, 5.74) is 1.78. The molecule has 1 aliphatic rings. The van der Waals surface area contributed by atoms with Gasteiger partial charge in [0.2, 0.25) is 0 Å². The Morgan fingerprint density at radius 1 is 1.14 bits per heavy atom. The minimum atomic E-state index is 0.230. The van der Waals surface area contributed by atoms with Crippen molar-refractivity contribution in [3.8, 4) is 5.69 Å². The predicted molar refractivity (Wildman–Crippen MR) is 79.4 cm³/mol. The summed E-state index contributed by atoms with van der Waals surface area (Å²) in [6, 6.07) is 9.93. The van der Waals surface area contributed by atoms with Crippen LogP contribution >= 0.6 is 0 Å². The lowest BCUT2D eigenvalue weighted by Crippen LogP contribution is -2.48. The molecular formula is C15H15N5O. The van der Waals surface area contributed by atoms with Crippen molar-refractivity contribution in [1.82, 2.24) is 19.7 Å². The van der Waals surface area contributed by atoms with E-state index in [-0.39, 0.29) is 6.61 Å². The third-order valence-corrected chi connectivity index (χ3v) is 3.86. The van der Waals surface area contributed by atoms with Crippen molar-refractivity contribution >= 4 is 16.9 Å². The zero-order chi connectivity index (χ0) is 14.2. The molecule has 1 aliphatic heterocycles. The number of rotatable bonds is 3. The molecule has 0 saturated carbocycles. The van der Waals surface area contributed by atoms with Crippen LogP contribution in [0.1, 0.15) is 0 Å². The van der Waals surface area contributed by atoms with Crippen LogP contribution in [-0.2, 0) is 0 Å². The highest BCUT2D eigenvalue weighted by Gasteiger charge is 2.29. The van der Waals surface area contributed by atoms with E-state index < -0.39 is 0 Å². The zero-order valence-electron chi connectivity index (χ0n) is 11.4. The highest BCUT2D eigenvalue weighted by Crippen LogP contribution is 2.29. The topological polar surface area (TPSA) is 67.1 Å². The van der Waals surface area contributed by atoms with Crippen molar-refractivity contribution in [3.05, 3.63) is 42.9 Å². The highest BCUT2D eigenvalue weighted by atomic mass is 16.3. The molecule has 106 valence electrons. The Hall–Kier alpha value is -2.47. The van der Waals surface area contributed by atoms with Crippen molar-refractivity contribution in [3.63, 3.8) is 0 Å². The van der Waals surface area contributed by atoms with Crippen LogP contribution in [0.4, 0.5) is 5.82 Å². The van der Waals surface area contributed by atoms with E-state index in [1.54, 1.807) is 6.33 Å². The second-order valence-corrected chi connectivity index (χ2v) is 5.28. The normalized spacial score (nSPS) is 15.4. The van der Waals surface area contributed by atoms with Gasteiger partial charge in [-0.15, -0.1) is 0 Å². The standard InChI is InChI=1S/C15H15N5O/c21-9-11-7-19(8-11)14-13-6-18-20(15(13)17-10-16-14)12-4-2-1-3-5-12/h1-6,10-11,21H,7-9H2. The summed E-state index contributed by atoms with van der Waals surface area (Å²) in [7, 11) is 0. The number of nitrogens with zero attached hydrogens (tertiary/aromatic N) is 5.